The van der Waals surface area contributed by atoms with Gasteiger partial charge in [0.25, 0.3) is 11.8 Å². The van der Waals surface area contributed by atoms with Crippen molar-refractivity contribution in [1.82, 2.24) is 20.6 Å². The summed E-state index contributed by atoms with van der Waals surface area (Å²) in [5.41, 5.74) is 5.88. The van der Waals surface area contributed by atoms with Crippen LogP contribution in [0.3, 0.4) is 0 Å². The van der Waals surface area contributed by atoms with Crippen LogP contribution in [0.25, 0.3) is 0 Å². The van der Waals surface area contributed by atoms with Crippen LogP contribution in [0.4, 0.5) is 0 Å². The van der Waals surface area contributed by atoms with Crippen LogP contribution in [-0.4, -0.2) is 21.5 Å². The van der Waals surface area contributed by atoms with Gasteiger partial charge in [-0.2, -0.15) is 0 Å². The number of hydrazine groups is 1. The molecule has 0 saturated heterocycles. The first-order chi connectivity index (χ1) is 9.40. The van der Waals surface area contributed by atoms with Gasteiger partial charge in [0.05, 0.1) is 5.69 Å². The Morgan fingerprint density at radius 2 is 1.95 bits per heavy atom. The van der Waals surface area contributed by atoms with Gasteiger partial charge in [-0.3, -0.25) is 20.4 Å². The van der Waals surface area contributed by atoms with Crippen LogP contribution in [0.15, 0.2) is 21.3 Å². The molecule has 0 aliphatic heterocycles. The van der Waals surface area contributed by atoms with Crippen molar-refractivity contribution in [3.05, 3.63) is 39.4 Å². The molecule has 2 amide bonds. The van der Waals surface area contributed by atoms with E-state index in [1.54, 1.807) is 37.7 Å². The number of hydrogen-bond donors (Lipinski definition) is 2. The summed E-state index contributed by atoms with van der Waals surface area (Å²) in [6, 6.07) is 1.65. The van der Waals surface area contributed by atoms with E-state index >= 15 is 0 Å². The largest absolute Gasteiger partial charge is 0.361 e. The number of aromatic nitrogens is 2. The zero-order valence-electron chi connectivity index (χ0n) is 11.2. The predicted octanol–water partition coefficient (Wildman–Crippen LogP) is 1.47. The molecule has 8 heteroatoms. The first-order valence-corrected chi connectivity index (χ1v) is 6.55. The van der Waals surface area contributed by atoms with Crippen LogP contribution in [0.5, 0.6) is 0 Å². The maximum atomic E-state index is 11.9. The van der Waals surface area contributed by atoms with E-state index in [2.05, 4.69) is 31.9 Å². The van der Waals surface area contributed by atoms with E-state index < -0.39 is 11.8 Å². The van der Waals surface area contributed by atoms with Crippen LogP contribution in [0, 0.1) is 13.8 Å². The number of hydrogen-bond acceptors (Lipinski definition) is 4. The average Bonchev–Trinajstić information content (AvgIpc) is 2.89. The van der Waals surface area contributed by atoms with Gasteiger partial charge in [-0.1, -0.05) is 5.16 Å². The Morgan fingerprint density at radius 1 is 1.30 bits per heavy atom. The van der Waals surface area contributed by atoms with Gasteiger partial charge in [0, 0.05) is 17.7 Å². The molecule has 0 aliphatic rings. The van der Waals surface area contributed by atoms with Gasteiger partial charge >= 0.3 is 0 Å². The Balaban J connectivity index is 2.04. The van der Waals surface area contributed by atoms with Gasteiger partial charge in [0.15, 0.2) is 0 Å². The zero-order chi connectivity index (χ0) is 14.9. The van der Waals surface area contributed by atoms with Crippen molar-refractivity contribution in [2.45, 2.75) is 13.8 Å². The molecular formula is C12H13BrN4O3. The second-order valence-corrected chi connectivity index (χ2v) is 5.18. The van der Waals surface area contributed by atoms with Crippen molar-refractivity contribution in [3.8, 4) is 0 Å². The number of carbonyl (C=O) groups is 2. The van der Waals surface area contributed by atoms with Crippen molar-refractivity contribution >= 4 is 27.7 Å². The van der Waals surface area contributed by atoms with Gasteiger partial charge in [0.2, 0.25) is 0 Å². The summed E-state index contributed by atoms with van der Waals surface area (Å²) < 4.78 is 7.32. The van der Waals surface area contributed by atoms with E-state index in [1.165, 1.54) is 0 Å². The third-order valence-corrected chi connectivity index (χ3v) is 3.19. The molecule has 20 heavy (non-hydrogen) atoms. The zero-order valence-corrected chi connectivity index (χ0v) is 12.7. The Labute approximate surface area is 123 Å². The van der Waals surface area contributed by atoms with Crippen LogP contribution in [0.1, 0.15) is 32.3 Å². The third kappa shape index (κ3) is 2.74. The van der Waals surface area contributed by atoms with Crippen LogP contribution in [0.2, 0.25) is 0 Å². The molecule has 0 atom stereocenters. The summed E-state index contributed by atoms with van der Waals surface area (Å²) in [6.07, 6.45) is 1.74. The number of nitrogens with one attached hydrogen (secondary N) is 2. The fraction of sp³-hybridized carbons (Fsp3) is 0.250. The second-order valence-electron chi connectivity index (χ2n) is 4.26. The average molecular weight is 341 g/mol. The van der Waals surface area contributed by atoms with Crippen molar-refractivity contribution in [2.24, 2.45) is 7.05 Å². The van der Waals surface area contributed by atoms with E-state index in [1.807, 2.05) is 0 Å². The molecule has 2 aromatic heterocycles. The summed E-state index contributed by atoms with van der Waals surface area (Å²) in [4.78, 5) is 23.8. The highest BCUT2D eigenvalue weighted by Gasteiger charge is 2.18. The lowest BCUT2D eigenvalue weighted by Crippen LogP contribution is -2.42. The number of halogens is 1. The molecule has 0 fully saturated rings. The standard InChI is InChI=1S/C12H13BrN4O3/c1-6-10(7(2)20-16-6)12(19)15-14-11(18)9-4-8(13)5-17(9)3/h4-5H,1-3H3,(H,14,18)(H,15,19). The maximum absolute atomic E-state index is 11.9. The number of carbonyl (C=O) groups excluding carboxylic acids is 2. The fourth-order valence-corrected chi connectivity index (χ4v) is 2.32. The van der Waals surface area contributed by atoms with E-state index in [-0.39, 0.29) is 0 Å². The molecule has 2 heterocycles. The molecule has 7 nitrogen and oxygen atoms in total. The normalized spacial score (nSPS) is 10.4. The highest BCUT2D eigenvalue weighted by Crippen LogP contribution is 2.13. The summed E-state index contributed by atoms with van der Waals surface area (Å²) in [6.45, 7) is 3.28. The van der Waals surface area contributed by atoms with Crippen LogP contribution < -0.4 is 10.9 Å². The predicted molar refractivity (Wildman–Crippen MR) is 74.0 cm³/mol. The Kier molecular flexibility index (Phi) is 3.93. The number of nitrogens with zero attached hydrogens (tertiary/aromatic N) is 2. The molecular weight excluding hydrogens is 328 g/mol. The molecule has 0 aliphatic carbocycles. The number of aryl methyl sites for hydroxylation is 3. The monoisotopic (exact) mass is 340 g/mol. The molecule has 0 aromatic carbocycles. The molecule has 106 valence electrons. The molecule has 0 spiro atoms. The first-order valence-electron chi connectivity index (χ1n) is 5.75. The molecule has 0 saturated carbocycles. The summed E-state index contributed by atoms with van der Waals surface area (Å²) in [5.74, 6) is -0.489. The minimum absolute atomic E-state index is 0.318. The molecule has 2 aromatic rings. The van der Waals surface area contributed by atoms with Gasteiger partial charge in [0.1, 0.15) is 17.0 Å². The minimum atomic E-state index is -0.470. The van der Waals surface area contributed by atoms with E-state index in [0.717, 1.165) is 4.47 Å². The number of amides is 2. The topological polar surface area (TPSA) is 89.2 Å². The third-order valence-electron chi connectivity index (χ3n) is 2.75. The van der Waals surface area contributed by atoms with Crippen LogP contribution in [-0.2, 0) is 7.05 Å². The van der Waals surface area contributed by atoms with E-state index in [9.17, 15) is 9.59 Å². The van der Waals surface area contributed by atoms with Gasteiger partial charge in [-0.15, -0.1) is 0 Å². The molecule has 0 radical (unpaired) electrons. The lowest BCUT2D eigenvalue weighted by atomic mass is 10.2. The number of rotatable bonds is 2. The van der Waals surface area contributed by atoms with Gasteiger partial charge < -0.3 is 9.09 Å². The molecule has 0 bridgehead atoms. The summed E-state index contributed by atoms with van der Waals surface area (Å²) in [7, 11) is 1.73. The van der Waals surface area contributed by atoms with E-state index in [4.69, 9.17) is 4.52 Å². The van der Waals surface area contributed by atoms with Crippen LogP contribution >= 0.6 is 15.9 Å². The second kappa shape index (κ2) is 5.49. The summed E-state index contributed by atoms with van der Waals surface area (Å²) in [5, 5.41) is 3.68. The molecule has 2 N–H and O–H groups in total. The Morgan fingerprint density at radius 3 is 2.45 bits per heavy atom. The lowest BCUT2D eigenvalue weighted by Gasteiger charge is -2.07. The lowest BCUT2D eigenvalue weighted by molar-refractivity contribution is 0.0841. The van der Waals surface area contributed by atoms with Crippen molar-refractivity contribution in [1.29, 1.82) is 0 Å². The SMILES string of the molecule is Cc1noc(C)c1C(=O)NNC(=O)c1cc(Br)cn1C. The first kappa shape index (κ1) is 14.3. The van der Waals surface area contributed by atoms with Crippen molar-refractivity contribution in [3.63, 3.8) is 0 Å². The van der Waals surface area contributed by atoms with Gasteiger partial charge in [-0.05, 0) is 35.8 Å². The Hall–Kier alpha value is -2.09. The smallest absolute Gasteiger partial charge is 0.286 e. The fourth-order valence-electron chi connectivity index (χ4n) is 1.80. The summed E-state index contributed by atoms with van der Waals surface area (Å²) >= 11 is 3.27. The minimum Gasteiger partial charge on any atom is -0.361 e. The van der Waals surface area contributed by atoms with Crippen molar-refractivity contribution < 1.29 is 14.1 Å². The highest BCUT2D eigenvalue weighted by molar-refractivity contribution is 9.10. The van der Waals surface area contributed by atoms with Gasteiger partial charge in [-0.25, -0.2) is 0 Å². The molecule has 2 rings (SSSR count). The highest BCUT2D eigenvalue weighted by atomic mass is 79.9. The van der Waals surface area contributed by atoms with Crippen molar-refractivity contribution in [2.75, 3.05) is 0 Å². The maximum Gasteiger partial charge on any atom is 0.286 e. The van der Waals surface area contributed by atoms with E-state index in [0.29, 0.717) is 22.7 Å². The quantitative estimate of drug-likeness (QED) is 0.810. The Bertz CT molecular complexity index is 655. The molecule has 0 unspecified atom stereocenters.